The van der Waals surface area contributed by atoms with E-state index < -0.39 is 0 Å². The number of carbonyl (C=O) groups is 1. The van der Waals surface area contributed by atoms with Gasteiger partial charge in [0.1, 0.15) is 11.5 Å². The fourth-order valence-electron chi connectivity index (χ4n) is 3.79. The molecule has 2 aliphatic rings. The minimum absolute atomic E-state index is 0.00944. The summed E-state index contributed by atoms with van der Waals surface area (Å²) in [7, 11) is 1.72. The highest BCUT2D eigenvalue weighted by molar-refractivity contribution is 5.80. The Labute approximate surface area is 124 Å². The van der Waals surface area contributed by atoms with E-state index in [2.05, 4.69) is 16.5 Å². The van der Waals surface area contributed by atoms with E-state index >= 15 is 0 Å². The molecule has 5 heteroatoms. The maximum absolute atomic E-state index is 11.8. The van der Waals surface area contributed by atoms with Gasteiger partial charge < -0.3 is 14.6 Å². The molecule has 1 aromatic rings. The van der Waals surface area contributed by atoms with Crippen LogP contribution in [-0.4, -0.2) is 36.7 Å². The number of hydrogen-bond acceptors (Lipinski definition) is 5. The summed E-state index contributed by atoms with van der Waals surface area (Å²) in [4.78, 5) is 11.8. The van der Waals surface area contributed by atoms with E-state index in [1.54, 1.807) is 14.0 Å². The third kappa shape index (κ3) is 2.34. The van der Waals surface area contributed by atoms with Crippen molar-refractivity contribution in [2.75, 3.05) is 13.7 Å². The first-order valence-corrected chi connectivity index (χ1v) is 7.44. The molecule has 1 aliphatic heterocycles. The molecule has 21 heavy (non-hydrogen) atoms. The van der Waals surface area contributed by atoms with Crippen LogP contribution < -0.4 is 5.32 Å². The van der Waals surface area contributed by atoms with E-state index in [1.165, 1.54) is 0 Å². The molecule has 1 saturated heterocycles. The highest BCUT2D eigenvalue weighted by atomic mass is 16.5. The van der Waals surface area contributed by atoms with Crippen molar-refractivity contribution in [3.8, 4) is 0 Å². The Morgan fingerprint density at radius 3 is 2.81 bits per heavy atom. The summed E-state index contributed by atoms with van der Waals surface area (Å²) in [5.74, 6) is 1.49. The van der Waals surface area contributed by atoms with Gasteiger partial charge >= 0.3 is 0 Å². The molecule has 1 aliphatic carbocycles. The summed E-state index contributed by atoms with van der Waals surface area (Å²) in [6, 6.07) is 0.231. The second-order valence-electron chi connectivity index (χ2n) is 6.10. The smallest absolute Gasteiger partial charge is 0.141 e. The largest absolute Gasteiger partial charge is 0.377 e. The molecule has 0 bridgehead atoms. The summed E-state index contributed by atoms with van der Waals surface area (Å²) in [5, 5.41) is 7.50. The highest BCUT2D eigenvalue weighted by Gasteiger charge is 2.43. The lowest BCUT2D eigenvalue weighted by Gasteiger charge is -2.32. The van der Waals surface area contributed by atoms with Crippen LogP contribution in [0.25, 0.3) is 5.57 Å². The van der Waals surface area contributed by atoms with E-state index in [4.69, 9.17) is 9.26 Å². The monoisotopic (exact) mass is 290 g/mol. The van der Waals surface area contributed by atoms with Crippen molar-refractivity contribution in [1.29, 1.82) is 0 Å². The van der Waals surface area contributed by atoms with Crippen LogP contribution in [0.1, 0.15) is 30.4 Å². The highest BCUT2D eigenvalue weighted by Crippen LogP contribution is 2.40. The topological polar surface area (TPSA) is 64.4 Å². The molecule has 114 valence electrons. The normalized spacial score (nSPS) is 31.9. The van der Waals surface area contributed by atoms with Crippen LogP contribution in [0.3, 0.4) is 0 Å². The van der Waals surface area contributed by atoms with Gasteiger partial charge in [0.2, 0.25) is 0 Å². The average molecular weight is 290 g/mol. The molecule has 4 atom stereocenters. The van der Waals surface area contributed by atoms with Gasteiger partial charge in [-0.15, -0.1) is 0 Å². The summed E-state index contributed by atoms with van der Waals surface area (Å²) >= 11 is 0. The molecule has 5 nitrogen and oxygen atoms in total. The van der Waals surface area contributed by atoms with Crippen molar-refractivity contribution < 1.29 is 14.1 Å². The van der Waals surface area contributed by atoms with E-state index in [-0.39, 0.29) is 23.8 Å². The van der Waals surface area contributed by atoms with Crippen molar-refractivity contribution in [2.24, 2.45) is 11.8 Å². The van der Waals surface area contributed by atoms with E-state index in [9.17, 15) is 4.79 Å². The number of nitrogens with one attached hydrogen (secondary N) is 1. The van der Waals surface area contributed by atoms with Crippen LogP contribution in [0.5, 0.6) is 0 Å². The lowest BCUT2D eigenvalue weighted by Crippen LogP contribution is -2.35. The van der Waals surface area contributed by atoms with Crippen LogP contribution in [0.15, 0.2) is 10.6 Å². The Morgan fingerprint density at radius 2 is 2.24 bits per heavy atom. The molecule has 1 aromatic heterocycles. The molecule has 1 N–H and O–H groups in total. The van der Waals surface area contributed by atoms with Gasteiger partial charge in [-0.05, 0) is 38.7 Å². The van der Waals surface area contributed by atoms with Crippen LogP contribution in [0.2, 0.25) is 0 Å². The maximum atomic E-state index is 11.8. The van der Waals surface area contributed by atoms with E-state index in [0.717, 1.165) is 35.6 Å². The second-order valence-corrected chi connectivity index (χ2v) is 6.10. The Balaban J connectivity index is 1.98. The first-order valence-electron chi connectivity index (χ1n) is 7.44. The second kappa shape index (κ2) is 5.39. The number of aryl methyl sites for hydroxylation is 2. The summed E-state index contributed by atoms with van der Waals surface area (Å²) in [6.07, 6.45) is 3.05. The predicted molar refractivity (Wildman–Crippen MR) is 78.8 cm³/mol. The number of hydrogen-bond donors (Lipinski definition) is 1. The Bertz CT molecular complexity index is 571. The number of ether oxygens (including phenoxy) is 1. The molecular weight excluding hydrogens is 268 g/mol. The van der Waals surface area contributed by atoms with Crippen molar-refractivity contribution in [2.45, 2.75) is 39.3 Å². The zero-order chi connectivity index (χ0) is 15.1. The number of aromatic nitrogens is 1. The van der Waals surface area contributed by atoms with Crippen LogP contribution in [0.4, 0.5) is 0 Å². The van der Waals surface area contributed by atoms with Crippen molar-refractivity contribution in [3.05, 3.63) is 23.1 Å². The zero-order valence-corrected chi connectivity index (χ0v) is 13.0. The van der Waals surface area contributed by atoms with Gasteiger partial charge in [-0.2, -0.15) is 0 Å². The molecule has 4 unspecified atom stereocenters. The maximum Gasteiger partial charge on any atom is 0.141 e. The van der Waals surface area contributed by atoms with Crippen molar-refractivity contribution in [3.63, 3.8) is 0 Å². The standard InChI is InChI=1S/C16H22N2O3/c1-8-16(10(3)21-18-8)12-5-14-11(6-15(12)20-4)13(7-17-14)9(2)19/h5,11,13-15,17H,6-7H2,1-4H3. The molecule has 0 aromatic carbocycles. The van der Waals surface area contributed by atoms with Gasteiger partial charge in [0.05, 0.1) is 11.8 Å². The van der Waals surface area contributed by atoms with Gasteiger partial charge in [0.25, 0.3) is 0 Å². The fourth-order valence-corrected chi connectivity index (χ4v) is 3.79. The minimum Gasteiger partial charge on any atom is -0.377 e. The SMILES string of the molecule is COC1CC2C(C=C1c1c(C)noc1C)NCC2C(C)=O. The van der Waals surface area contributed by atoms with Crippen LogP contribution in [0, 0.1) is 25.7 Å². The van der Waals surface area contributed by atoms with Gasteiger partial charge in [-0.25, -0.2) is 0 Å². The number of rotatable bonds is 3. The third-order valence-electron chi connectivity index (χ3n) is 4.87. The Hall–Kier alpha value is -1.46. The van der Waals surface area contributed by atoms with Gasteiger partial charge in [-0.1, -0.05) is 11.2 Å². The molecular formula is C16H22N2O3. The van der Waals surface area contributed by atoms with Gasteiger partial charge in [0, 0.05) is 31.2 Å². The fraction of sp³-hybridized carbons (Fsp3) is 0.625. The molecule has 2 heterocycles. The van der Waals surface area contributed by atoms with Gasteiger partial charge in [-0.3, -0.25) is 4.79 Å². The summed E-state index contributed by atoms with van der Waals surface area (Å²) < 4.78 is 11.0. The summed E-state index contributed by atoms with van der Waals surface area (Å²) in [5.41, 5.74) is 3.07. The number of nitrogens with zero attached hydrogens (tertiary/aromatic N) is 1. The molecule has 0 amide bonds. The quantitative estimate of drug-likeness (QED) is 0.921. The lowest BCUT2D eigenvalue weighted by atomic mass is 9.76. The van der Waals surface area contributed by atoms with Crippen molar-refractivity contribution in [1.82, 2.24) is 10.5 Å². The number of methoxy groups -OCH3 is 1. The average Bonchev–Trinajstić information content (AvgIpc) is 3.00. The third-order valence-corrected chi connectivity index (χ3v) is 4.87. The molecule has 0 spiro atoms. The van der Waals surface area contributed by atoms with Gasteiger partial charge in [0.15, 0.2) is 0 Å². The molecule has 3 rings (SSSR count). The van der Waals surface area contributed by atoms with Crippen LogP contribution >= 0.6 is 0 Å². The zero-order valence-electron chi connectivity index (χ0n) is 13.0. The minimum atomic E-state index is -0.00944. The van der Waals surface area contributed by atoms with Crippen LogP contribution in [-0.2, 0) is 9.53 Å². The molecule has 1 fully saturated rings. The first kappa shape index (κ1) is 14.5. The Morgan fingerprint density at radius 1 is 1.48 bits per heavy atom. The number of Topliss-reactive ketones (excluding diaryl/α,β-unsaturated/α-hetero) is 1. The predicted octanol–water partition coefficient (Wildman–Crippen LogP) is 1.89. The number of ketones is 1. The number of fused-ring (bicyclic) bond motifs is 1. The molecule has 0 saturated carbocycles. The number of carbonyl (C=O) groups excluding carboxylic acids is 1. The Kier molecular flexibility index (Phi) is 3.71. The summed E-state index contributed by atoms with van der Waals surface area (Å²) in [6.45, 7) is 6.32. The molecule has 0 radical (unpaired) electrons. The first-order chi connectivity index (χ1) is 10.0. The lowest BCUT2D eigenvalue weighted by molar-refractivity contribution is -0.121. The van der Waals surface area contributed by atoms with E-state index in [1.807, 2.05) is 13.8 Å². The van der Waals surface area contributed by atoms with Crippen molar-refractivity contribution >= 4 is 11.4 Å². The van der Waals surface area contributed by atoms with E-state index in [0.29, 0.717) is 5.92 Å².